The molecule has 4 rings (SSSR count). The lowest BCUT2D eigenvalue weighted by Crippen LogP contribution is -2.37. The standard InChI is InChI=1S/C26H28N2O5S/c1-17-8-12-19(13-9-17)27-26-25-21(6-5-7-23(25)32-3)22(16-24(29)33-4)28(26)34(30,31)20-14-10-18(2)11-15-20/h5-15,22,26-27H,16H2,1-4H3/t22-,26-/m0/s1. The maximum Gasteiger partial charge on any atom is 0.307 e. The van der Waals surface area contributed by atoms with Crippen molar-refractivity contribution in [1.29, 1.82) is 0 Å². The van der Waals surface area contributed by atoms with Crippen molar-refractivity contribution in [1.82, 2.24) is 4.31 Å². The van der Waals surface area contributed by atoms with Gasteiger partial charge in [-0.05, 0) is 49.7 Å². The summed E-state index contributed by atoms with van der Waals surface area (Å²) in [6.45, 7) is 3.88. The highest BCUT2D eigenvalue weighted by atomic mass is 32.2. The summed E-state index contributed by atoms with van der Waals surface area (Å²) in [4.78, 5) is 12.5. The van der Waals surface area contributed by atoms with Crippen LogP contribution in [0.2, 0.25) is 0 Å². The molecule has 0 unspecified atom stereocenters. The third kappa shape index (κ3) is 4.38. The van der Waals surface area contributed by atoms with Crippen molar-refractivity contribution >= 4 is 21.7 Å². The molecule has 1 N–H and O–H groups in total. The molecule has 3 aromatic carbocycles. The number of nitrogens with one attached hydrogen (secondary N) is 1. The highest BCUT2D eigenvalue weighted by Crippen LogP contribution is 2.50. The van der Waals surface area contributed by atoms with E-state index in [1.807, 2.05) is 44.2 Å². The number of benzene rings is 3. The Morgan fingerprint density at radius 3 is 2.15 bits per heavy atom. The summed E-state index contributed by atoms with van der Waals surface area (Å²) >= 11 is 0. The van der Waals surface area contributed by atoms with E-state index in [2.05, 4.69) is 5.32 Å². The Morgan fingerprint density at radius 2 is 1.56 bits per heavy atom. The van der Waals surface area contributed by atoms with Crippen LogP contribution in [0.4, 0.5) is 5.69 Å². The Morgan fingerprint density at radius 1 is 0.941 bits per heavy atom. The molecule has 0 saturated heterocycles. The summed E-state index contributed by atoms with van der Waals surface area (Å²) in [5.74, 6) is 0.0393. The number of hydrogen-bond acceptors (Lipinski definition) is 6. The first-order chi connectivity index (χ1) is 16.3. The average Bonchev–Trinajstić information content (AvgIpc) is 3.14. The summed E-state index contributed by atoms with van der Waals surface area (Å²) in [6.07, 6.45) is -0.928. The third-order valence-corrected chi connectivity index (χ3v) is 7.94. The lowest BCUT2D eigenvalue weighted by molar-refractivity contribution is -0.141. The van der Waals surface area contributed by atoms with Gasteiger partial charge in [-0.3, -0.25) is 4.79 Å². The maximum absolute atomic E-state index is 14.0. The summed E-state index contributed by atoms with van der Waals surface area (Å²) in [6, 6.07) is 19.0. The number of ether oxygens (including phenoxy) is 2. The van der Waals surface area contributed by atoms with Crippen molar-refractivity contribution in [2.75, 3.05) is 19.5 Å². The van der Waals surface area contributed by atoms with Gasteiger partial charge in [-0.15, -0.1) is 0 Å². The zero-order chi connectivity index (χ0) is 24.5. The largest absolute Gasteiger partial charge is 0.496 e. The van der Waals surface area contributed by atoms with Crippen LogP contribution in [0.3, 0.4) is 0 Å². The van der Waals surface area contributed by atoms with Gasteiger partial charge in [-0.1, -0.05) is 47.5 Å². The summed E-state index contributed by atoms with van der Waals surface area (Å²) in [7, 11) is -1.18. The van der Waals surface area contributed by atoms with Crippen molar-refractivity contribution in [3.63, 3.8) is 0 Å². The summed E-state index contributed by atoms with van der Waals surface area (Å²) < 4.78 is 40.0. The van der Waals surface area contributed by atoms with Crippen LogP contribution < -0.4 is 10.1 Å². The van der Waals surface area contributed by atoms with Gasteiger partial charge in [0.15, 0.2) is 0 Å². The number of nitrogens with zero attached hydrogens (tertiary/aromatic N) is 1. The van der Waals surface area contributed by atoms with Gasteiger partial charge >= 0.3 is 5.97 Å². The van der Waals surface area contributed by atoms with Gasteiger partial charge in [0.05, 0.1) is 31.6 Å². The zero-order valence-corrected chi connectivity index (χ0v) is 20.4. The molecule has 1 heterocycles. The fraction of sp³-hybridized carbons (Fsp3) is 0.269. The first-order valence-corrected chi connectivity index (χ1v) is 12.4. The molecule has 0 aliphatic carbocycles. The molecule has 0 bridgehead atoms. The summed E-state index contributed by atoms with van der Waals surface area (Å²) in [5, 5.41) is 3.37. The number of carbonyl (C=O) groups is 1. The van der Waals surface area contributed by atoms with E-state index >= 15 is 0 Å². The second-order valence-corrected chi connectivity index (χ2v) is 10.2. The van der Waals surface area contributed by atoms with E-state index in [1.54, 1.807) is 43.5 Å². The smallest absolute Gasteiger partial charge is 0.307 e. The number of hydrogen-bond donors (Lipinski definition) is 1. The van der Waals surface area contributed by atoms with E-state index in [4.69, 9.17) is 9.47 Å². The van der Waals surface area contributed by atoms with Crippen LogP contribution in [0.5, 0.6) is 5.75 Å². The van der Waals surface area contributed by atoms with Crippen molar-refractivity contribution in [2.24, 2.45) is 0 Å². The second-order valence-electron chi connectivity index (χ2n) is 8.32. The Hall–Kier alpha value is -3.36. The van der Waals surface area contributed by atoms with Gasteiger partial charge < -0.3 is 14.8 Å². The Bertz CT molecular complexity index is 1290. The Balaban J connectivity index is 1.91. The number of carbonyl (C=O) groups excluding carboxylic acids is 1. The Labute approximate surface area is 200 Å². The van der Waals surface area contributed by atoms with Gasteiger partial charge in [-0.2, -0.15) is 4.31 Å². The number of aryl methyl sites for hydroxylation is 2. The molecule has 178 valence electrons. The highest BCUT2D eigenvalue weighted by molar-refractivity contribution is 7.89. The van der Waals surface area contributed by atoms with Crippen LogP contribution in [0, 0.1) is 13.8 Å². The molecule has 0 fully saturated rings. The molecule has 0 spiro atoms. The van der Waals surface area contributed by atoms with Gasteiger partial charge in [0.25, 0.3) is 0 Å². The SMILES string of the molecule is COC(=O)C[C@H]1c2cccc(OC)c2[C@@H](Nc2ccc(C)cc2)N1S(=O)(=O)c1ccc(C)cc1. The van der Waals surface area contributed by atoms with Crippen LogP contribution in [0.25, 0.3) is 0 Å². The predicted molar refractivity (Wildman–Crippen MR) is 130 cm³/mol. The third-order valence-electron chi connectivity index (χ3n) is 6.05. The number of sulfonamides is 1. The number of anilines is 1. The summed E-state index contributed by atoms with van der Waals surface area (Å²) in [5.41, 5.74) is 4.16. The van der Waals surface area contributed by atoms with Crippen molar-refractivity contribution < 1.29 is 22.7 Å². The lowest BCUT2D eigenvalue weighted by Gasteiger charge is -2.30. The fourth-order valence-corrected chi connectivity index (χ4v) is 5.97. The van der Waals surface area contributed by atoms with E-state index in [-0.39, 0.29) is 11.3 Å². The van der Waals surface area contributed by atoms with E-state index in [0.717, 1.165) is 16.8 Å². The van der Waals surface area contributed by atoms with Gasteiger partial charge in [0.1, 0.15) is 11.9 Å². The molecule has 3 aromatic rings. The predicted octanol–water partition coefficient (Wildman–Crippen LogP) is 4.73. The average molecular weight is 481 g/mol. The van der Waals surface area contributed by atoms with Crippen molar-refractivity contribution in [2.45, 2.75) is 37.4 Å². The molecule has 7 nitrogen and oxygen atoms in total. The normalized spacial score (nSPS) is 17.8. The number of esters is 1. The topological polar surface area (TPSA) is 84.9 Å². The molecule has 0 aromatic heterocycles. The molecule has 34 heavy (non-hydrogen) atoms. The van der Waals surface area contributed by atoms with Crippen LogP contribution in [0.15, 0.2) is 71.6 Å². The zero-order valence-electron chi connectivity index (χ0n) is 19.6. The van der Waals surface area contributed by atoms with Gasteiger partial charge in [-0.25, -0.2) is 8.42 Å². The number of methoxy groups -OCH3 is 2. The minimum atomic E-state index is -4.02. The molecule has 0 radical (unpaired) electrons. The molecular weight excluding hydrogens is 452 g/mol. The van der Waals surface area contributed by atoms with E-state index in [1.165, 1.54) is 11.4 Å². The minimum absolute atomic E-state index is 0.131. The van der Waals surface area contributed by atoms with Crippen molar-refractivity contribution in [3.8, 4) is 5.75 Å². The van der Waals surface area contributed by atoms with Gasteiger partial charge in [0.2, 0.25) is 10.0 Å². The first-order valence-electron chi connectivity index (χ1n) is 10.9. The molecule has 0 saturated carbocycles. The van der Waals surface area contributed by atoms with E-state index in [9.17, 15) is 13.2 Å². The highest BCUT2D eigenvalue weighted by Gasteiger charge is 2.48. The fourth-order valence-electron chi connectivity index (χ4n) is 4.29. The molecule has 1 aliphatic heterocycles. The maximum atomic E-state index is 14.0. The van der Waals surface area contributed by atoms with Crippen LogP contribution in [-0.4, -0.2) is 32.9 Å². The quantitative estimate of drug-likeness (QED) is 0.492. The van der Waals surface area contributed by atoms with E-state index in [0.29, 0.717) is 16.9 Å². The molecule has 0 amide bonds. The molecular formula is C26H28N2O5S. The van der Waals surface area contributed by atoms with Crippen molar-refractivity contribution in [3.05, 3.63) is 89.0 Å². The van der Waals surface area contributed by atoms with E-state index < -0.39 is 28.2 Å². The number of fused-ring (bicyclic) bond motifs is 1. The monoisotopic (exact) mass is 480 g/mol. The number of rotatable bonds is 7. The van der Waals surface area contributed by atoms with Crippen LogP contribution in [-0.2, 0) is 19.6 Å². The molecule has 8 heteroatoms. The first kappa shape index (κ1) is 23.8. The lowest BCUT2D eigenvalue weighted by atomic mass is 10.0. The van der Waals surface area contributed by atoms with Gasteiger partial charge in [0, 0.05) is 11.3 Å². The Kier molecular flexibility index (Phi) is 6.63. The second kappa shape index (κ2) is 9.48. The van der Waals surface area contributed by atoms with Crippen LogP contribution >= 0.6 is 0 Å². The molecule has 1 aliphatic rings. The minimum Gasteiger partial charge on any atom is -0.496 e. The molecule has 2 atom stereocenters. The van der Waals surface area contributed by atoms with Crippen LogP contribution in [0.1, 0.15) is 40.9 Å².